The lowest BCUT2D eigenvalue weighted by Gasteiger charge is -2.12. The minimum atomic E-state index is -0.0300. The monoisotopic (exact) mass is 447 g/mol. The van der Waals surface area contributed by atoms with Crippen LogP contribution < -0.4 is 10.4 Å². The van der Waals surface area contributed by atoms with Gasteiger partial charge in [-0.25, -0.2) is 9.78 Å². The van der Waals surface area contributed by atoms with Gasteiger partial charge in [0.25, 0.3) is 0 Å². The second kappa shape index (κ2) is 8.96. The Morgan fingerprint density at radius 1 is 1.15 bits per heavy atom. The summed E-state index contributed by atoms with van der Waals surface area (Å²) in [6.07, 6.45) is 5.41. The Labute approximate surface area is 192 Å². The molecular weight excluding hydrogens is 418 g/mol. The Morgan fingerprint density at radius 2 is 2.00 bits per heavy atom. The maximum absolute atomic E-state index is 13.1. The van der Waals surface area contributed by atoms with Crippen molar-refractivity contribution in [3.05, 3.63) is 53.2 Å². The van der Waals surface area contributed by atoms with Gasteiger partial charge >= 0.3 is 5.69 Å². The Bertz CT molecular complexity index is 1330. The molecule has 0 spiro atoms. The minimum absolute atomic E-state index is 0.0300. The lowest BCUT2D eigenvalue weighted by Crippen LogP contribution is -2.26. The van der Waals surface area contributed by atoms with Crippen LogP contribution in [0.25, 0.3) is 33.1 Å². The molecular formula is C25H29N5O3. The van der Waals surface area contributed by atoms with E-state index in [-0.39, 0.29) is 11.7 Å². The number of hydrogen-bond donors (Lipinski definition) is 0. The topological polar surface area (TPSA) is 74.4 Å². The minimum Gasteiger partial charge on any atom is -0.478 e. The van der Waals surface area contributed by atoms with Gasteiger partial charge in [-0.15, -0.1) is 0 Å². The predicted molar refractivity (Wildman–Crippen MR) is 129 cm³/mol. The SMILES string of the molecule is CN(C)CCCOc1ccc(-c2ccc3ncc4c(c3c2)n([C@H]2CCOC2)c(=O)n4C)cn1. The number of fused-ring (bicyclic) bond motifs is 3. The van der Waals surface area contributed by atoms with Crippen molar-refractivity contribution in [1.29, 1.82) is 0 Å². The van der Waals surface area contributed by atoms with Crippen molar-refractivity contribution in [2.24, 2.45) is 7.05 Å². The first-order chi connectivity index (χ1) is 16.0. The quantitative estimate of drug-likeness (QED) is 0.405. The highest BCUT2D eigenvalue weighted by molar-refractivity contribution is 6.04. The third-order valence-corrected chi connectivity index (χ3v) is 6.26. The Kier molecular flexibility index (Phi) is 5.86. The number of nitrogens with zero attached hydrogens (tertiary/aromatic N) is 5. The van der Waals surface area contributed by atoms with E-state index >= 15 is 0 Å². The largest absolute Gasteiger partial charge is 0.478 e. The summed E-state index contributed by atoms with van der Waals surface area (Å²) in [5.41, 5.74) is 4.59. The lowest BCUT2D eigenvalue weighted by atomic mass is 10.0. The van der Waals surface area contributed by atoms with Crippen molar-refractivity contribution in [3.8, 4) is 17.0 Å². The van der Waals surface area contributed by atoms with Gasteiger partial charge < -0.3 is 14.4 Å². The van der Waals surface area contributed by atoms with Crippen LogP contribution in [0.15, 0.2) is 47.5 Å². The Hall–Kier alpha value is -3.23. The van der Waals surface area contributed by atoms with Crippen LogP contribution in [-0.2, 0) is 11.8 Å². The first-order valence-corrected chi connectivity index (χ1v) is 11.3. The number of pyridine rings is 2. The Balaban J connectivity index is 1.51. The normalized spacial score (nSPS) is 16.3. The van der Waals surface area contributed by atoms with E-state index in [1.165, 1.54) is 0 Å². The summed E-state index contributed by atoms with van der Waals surface area (Å²) >= 11 is 0. The zero-order valence-corrected chi connectivity index (χ0v) is 19.3. The highest BCUT2D eigenvalue weighted by Crippen LogP contribution is 2.31. The van der Waals surface area contributed by atoms with Crippen LogP contribution >= 0.6 is 0 Å². The molecule has 4 heterocycles. The van der Waals surface area contributed by atoms with Crippen LogP contribution in [0.4, 0.5) is 0 Å². The van der Waals surface area contributed by atoms with Crippen molar-refractivity contribution in [2.45, 2.75) is 18.9 Å². The molecule has 0 amide bonds. The molecule has 5 rings (SSSR count). The molecule has 0 saturated carbocycles. The predicted octanol–water partition coefficient (Wildman–Crippen LogP) is 3.24. The van der Waals surface area contributed by atoms with E-state index in [0.717, 1.165) is 52.4 Å². The van der Waals surface area contributed by atoms with Crippen molar-refractivity contribution < 1.29 is 9.47 Å². The van der Waals surface area contributed by atoms with Gasteiger partial charge in [-0.3, -0.25) is 14.1 Å². The van der Waals surface area contributed by atoms with Gasteiger partial charge in [0.1, 0.15) is 0 Å². The average Bonchev–Trinajstić information content (AvgIpc) is 3.44. The van der Waals surface area contributed by atoms with Gasteiger partial charge in [-0.2, -0.15) is 0 Å². The summed E-state index contributed by atoms with van der Waals surface area (Å²) in [6, 6.07) is 10.1. The molecule has 0 N–H and O–H groups in total. The number of hydrogen-bond acceptors (Lipinski definition) is 6. The number of ether oxygens (including phenoxy) is 2. The molecule has 3 aromatic heterocycles. The van der Waals surface area contributed by atoms with Gasteiger partial charge in [0, 0.05) is 43.4 Å². The molecule has 33 heavy (non-hydrogen) atoms. The molecule has 1 fully saturated rings. The molecule has 0 bridgehead atoms. The highest BCUT2D eigenvalue weighted by Gasteiger charge is 2.25. The fourth-order valence-corrected chi connectivity index (χ4v) is 4.47. The van der Waals surface area contributed by atoms with Crippen LogP contribution in [0.5, 0.6) is 5.88 Å². The van der Waals surface area contributed by atoms with Gasteiger partial charge in [0.2, 0.25) is 5.88 Å². The molecule has 172 valence electrons. The fraction of sp³-hybridized carbons (Fsp3) is 0.400. The molecule has 1 atom stereocenters. The molecule has 0 unspecified atom stereocenters. The first-order valence-electron chi connectivity index (χ1n) is 11.3. The summed E-state index contributed by atoms with van der Waals surface area (Å²) in [5.74, 6) is 0.625. The van der Waals surface area contributed by atoms with Crippen molar-refractivity contribution >= 4 is 21.9 Å². The van der Waals surface area contributed by atoms with Gasteiger partial charge in [-0.1, -0.05) is 6.07 Å². The summed E-state index contributed by atoms with van der Waals surface area (Å²) in [7, 11) is 5.90. The van der Waals surface area contributed by atoms with Crippen LogP contribution in [0.1, 0.15) is 18.9 Å². The van der Waals surface area contributed by atoms with Crippen LogP contribution in [0, 0.1) is 0 Å². The number of imidazole rings is 1. The maximum Gasteiger partial charge on any atom is 0.329 e. The summed E-state index contributed by atoms with van der Waals surface area (Å²) in [4.78, 5) is 24.3. The zero-order chi connectivity index (χ0) is 22.9. The Morgan fingerprint density at radius 3 is 2.73 bits per heavy atom. The summed E-state index contributed by atoms with van der Waals surface area (Å²) in [6.45, 7) is 2.86. The molecule has 1 aliphatic heterocycles. The second-order valence-electron chi connectivity index (χ2n) is 8.84. The lowest BCUT2D eigenvalue weighted by molar-refractivity contribution is 0.186. The maximum atomic E-state index is 13.1. The van der Waals surface area contributed by atoms with E-state index in [0.29, 0.717) is 25.7 Å². The first kappa shape index (κ1) is 21.6. The standard InChI is InChI=1S/C25H29N5O3/c1-28(2)10-4-11-33-23-8-6-18(14-27-23)17-5-7-21-20(13-17)24-22(15-26-21)29(3)25(31)30(24)19-9-12-32-16-19/h5-8,13-15,19H,4,9-12,16H2,1-3H3/t19-/m0/s1. The van der Waals surface area contributed by atoms with Crippen LogP contribution in [-0.4, -0.2) is 64.5 Å². The molecule has 4 aromatic rings. The number of benzene rings is 1. The van der Waals surface area contributed by atoms with Gasteiger partial charge in [0.15, 0.2) is 0 Å². The number of aryl methyl sites for hydroxylation is 1. The van der Waals surface area contributed by atoms with E-state index in [1.54, 1.807) is 17.8 Å². The smallest absolute Gasteiger partial charge is 0.329 e. The second-order valence-corrected chi connectivity index (χ2v) is 8.84. The van der Waals surface area contributed by atoms with E-state index in [1.807, 2.05) is 35.0 Å². The van der Waals surface area contributed by atoms with E-state index < -0.39 is 0 Å². The third-order valence-electron chi connectivity index (χ3n) is 6.26. The van der Waals surface area contributed by atoms with Crippen molar-refractivity contribution in [3.63, 3.8) is 0 Å². The summed E-state index contributed by atoms with van der Waals surface area (Å²) < 4.78 is 14.9. The molecule has 0 aliphatic carbocycles. The van der Waals surface area contributed by atoms with E-state index in [9.17, 15) is 4.79 Å². The molecule has 8 nitrogen and oxygen atoms in total. The van der Waals surface area contributed by atoms with E-state index in [4.69, 9.17) is 9.47 Å². The zero-order valence-electron chi connectivity index (χ0n) is 19.3. The highest BCUT2D eigenvalue weighted by atomic mass is 16.5. The average molecular weight is 448 g/mol. The van der Waals surface area contributed by atoms with Gasteiger partial charge in [-0.05, 0) is 50.7 Å². The fourth-order valence-electron chi connectivity index (χ4n) is 4.47. The third kappa shape index (κ3) is 4.12. The van der Waals surface area contributed by atoms with Crippen LogP contribution in [0.3, 0.4) is 0 Å². The summed E-state index contributed by atoms with van der Waals surface area (Å²) in [5, 5.41) is 0.957. The van der Waals surface area contributed by atoms with Crippen molar-refractivity contribution in [2.75, 3.05) is 40.5 Å². The molecule has 1 aromatic carbocycles. The van der Waals surface area contributed by atoms with E-state index in [2.05, 4.69) is 35.0 Å². The molecule has 1 aliphatic rings. The number of aromatic nitrogens is 4. The van der Waals surface area contributed by atoms with Crippen molar-refractivity contribution in [1.82, 2.24) is 24.0 Å². The van der Waals surface area contributed by atoms with Crippen LogP contribution in [0.2, 0.25) is 0 Å². The molecule has 1 saturated heterocycles. The molecule has 8 heteroatoms. The molecule has 0 radical (unpaired) electrons. The van der Waals surface area contributed by atoms with Gasteiger partial charge in [0.05, 0.1) is 42.0 Å². The number of rotatable bonds is 7.